The van der Waals surface area contributed by atoms with Crippen LogP contribution in [-0.2, 0) is 4.74 Å². The number of fused-ring (bicyclic) bond motifs is 2. The molecule has 1 aromatic rings. The zero-order valence-corrected chi connectivity index (χ0v) is 9.98. The summed E-state index contributed by atoms with van der Waals surface area (Å²) in [5, 5.41) is 3.50. The number of hydrogen-bond acceptors (Lipinski definition) is 4. The summed E-state index contributed by atoms with van der Waals surface area (Å²) in [6.45, 7) is 0. The molecule has 2 aliphatic rings. The van der Waals surface area contributed by atoms with Crippen LogP contribution in [0.15, 0.2) is 18.2 Å². The van der Waals surface area contributed by atoms with Crippen LogP contribution in [0.1, 0.15) is 19.3 Å². The number of nitrogen functional groups attached to an aromatic ring is 1. The van der Waals surface area contributed by atoms with Crippen molar-refractivity contribution in [3.63, 3.8) is 0 Å². The number of ether oxygens (including phenoxy) is 2. The normalized spacial score (nSPS) is 30.5. The average molecular weight is 234 g/mol. The lowest BCUT2D eigenvalue weighted by Crippen LogP contribution is -2.30. The summed E-state index contributed by atoms with van der Waals surface area (Å²) >= 11 is 0. The molecule has 17 heavy (non-hydrogen) atoms. The van der Waals surface area contributed by atoms with Crippen molar-refractivity contribution in [3.8, 4) is 5.75 Å². The number of rotatable bonds is 3. The van der Waals surface area contributed by atoms with Gasteiger partial charge < -0.3 is 20.5 Å². The zero-order chi connectivity index (χ0) is 11.8. The molecule has 2 bridgehead atoms. The van der Waals surface area contributed by atoms with E-state index >= 15 is 0 Å². The van der Waals surface area contributed by atoms with Gasteiger partial charge in [0.2, 0.25) is 0 Å². The highest BCUT2D eigenvalue weighted by molar-refractivity contribution is 5.59. The number of nitrogens with two attached hydrogens (primary N) is 1. The minimum Gasteiger partial charge on any atom is -0.497 e. The Bertz CT molecular complexity index is 422. The molecule has 0 saturated carbocycles. The van der Waals surface area contributed by atoms with Gasteiger partial charge in [-0.15, -0.1) is 0 Å². The van der Waals surface area contributed by atoms with Crippen molar-refractivity contribution in [3.05, 3.63) is 18.2 Å². The standard InChI is InChI=1S/C13H18N2O2/c1-16-11-5-8(14)4-9(6-11)15-12-7-10-2-3-13(12)17-10/h4-6,10,12-13,15H,2-3,7,14H2,1H3. The molecule has 1 aromatic carbocycles. The van der Waals surface area contributed by atoms with Gasteiger partial charge in [-0.3, -0.25) is 0 Å². The number of nitrogens with one attached hydrogen (secondary N) is 1. The fourth-order valence-electron chi connectivity index (χ4n) is 2.83. The first kappa shape index (κ1) is 10.7. The van der Waals surface area contributed by atoms with Gasteiger partial charge in [0.1, 0.15) is 5.75 Å². The van der Waals surface area contributed by atoms with Crippen LogP contribution in [0.5, 0.6) is 5.75 Å². The highest BCUT2D eigenvalue weighted by atomic mass is 16.5. The Labute approximate surface area is 101 Å². The van der Waals surface area contributed by atoms with E-state index in [-0.39, 0.29) is 0 Å². The van der Waals surface area contributed by atoms with Crippen molar-refractivity contribution in [2.24, 2.45) is 0 Å². The summed E-state index contributed by atoms with van der Waals surface area (Å²) < 4.78 is 11.0. The van der Waals surface area contributed by atoms with Crippen molar-refractivity contribution in [1.82, 2.24) is 0 Å². The Hall–Kier alpha value is -1.42. The molecule has 3 N–H and O–H groups in total. The van der Waals surface area contributed by atoms with Crippen LogP contribution in [0, 0.1) is 0 Å². The molecule has 3 atom stereocenters. The molecule has 0 spiro atoms. The van der Waals surface area contributed by atoms with Crippen LogP contribution in [0.2, 0.25) is 0 Å². The first-order valence-electron chi connectivity index (χ1n) is 6.11. The molecule has 4 nitrogen and oxygen atoms in total. The van der Waals surface area contributed by atoms with E-state index in [2.05, 4.69) is 5.32 Å². The van der Waals surface area contributed by atoms with Gasteiger partial charge in [-0.1, -0.05) is 0 Å². The van der Waals surface area contributed by atoms with Gasteiger partial charge >= 0.3 is 0 Å². The maximum absolute atomic E-state index is 5.83. The van der Waals surface area contributed by atoms with Crippen molar-refractivity contribution in [2.75, 3.05) is 18.2 Å². The van der Waals surface area contributed by atoms with Crippen molar-refractivity contribution >= 4 is 11.4 Å². The third-order valence-electron chi connectivity index (χ3n) is 3.62. The van der Waals surface area contributed by atoms with Crippen LogP contribution >= 0.6 is 0 Å². The van der Waals surface area contributed by atoms with Gasteiger partial charge in [-0.05, 0) is 25.3 Å². The molecule has 0 aromatic heterocycles. The summed E-state index contributed by atoms with van der Waals surface area (Å²) in [6.07, 6.45) is 4.31. The van der Waals surface area contributed by atoms with E-state index in [1.54, 1.807) is 7.11 Å². The SMILES string of the molecule is COc1cc(N)cc(NC2CC3CCC2O3)c1. The topological polar surface area (TPSA) is 56.5 Å². The molecule has 3 rings (SSSR count). The van der Waals surface area contributed by atoms with E-state index in [4.69, 9.17) is 15.2 Å². The molecule has 4 heteroatoms. The molecule has 2 fully saturated rings. The molecular formula is C13H18N2O2. The van der Waals surface area contributed by atoms with E-state index in [1.165, 1.54) is 12.8 Å². The third kappa shape index (κ3) is 2.05. The molecule has 2 aliphatic heterocycles. The van der Waals surface area contributed by atoms with Gasteiger partial charge in [-0.2, -0.15) is 0 Å². The monoisotopic (exact) mass is 234 g/mol. The van der Waals surface area contributed by atoms with Gasteiger partial charge in [0.25, 0.3) is 0 Å². The summed E-state index contributed by atoms with van der Waals surface area (Å²) in [5.74, 6) is 0.788. The van der Waals surface area contributed by atoms with Crippen LogP contribution < -0.4 is 15.8 Å². The van der Waals surface area contributed by atoms with Gasteiger partial charge in [-0.25, -0.2) is 0 Å². The van der Waals surface area contributed by atoms with Crippen LogP contribution in [0.25, 0.3) is 0 Å². The second kappa shape index (κ2) is 4.11. The third-order valence-corrected chi connectivity index (χ3v) is 3.62. The lowest BCUT2D eigenvalue weighted by Gasteiger charge is -2.21. The Morgan fingerprint density at radius 2 is 2.24 bits per heavy atom. The zero-order valence-electron chi connectivity index (χ0n) is 9.98. The van der Waals surface area contributed by atoms with E-state index in [1.807, 2.05) is 18.2 Å². The molecule has 92 valence electrons. The lowest BCUT2D eigenvalue weighted by molar-refractivity contribution is 0.102. The van der Waals surface area contributed by atoms with Crippen molar-refractivity contribution in [2.45, 2.75) is 37.5 Å². The molecule has 0 amide bonds. The highest BCUT2D eigenvalue weighted by Gasteiger charge is 2.40. The molecule has 2 saturated heterocycles. The molecular weight excluding hydrogens is 216 g/mol. The summed E-state index contributed by atoms with van der Waals surface area (Å²) in [7, 11) is 1.65. The Kier molecular flexibility index (Phi) is 2.59. The van der Waals surface area contributed by atoms with E-state index in [0.29, 0.717) is 18.2 Å². The highest BCUT2D eigenvalue weighted by Crippen LogP contribution is 2.36. The molecule has 0 radical (unpaired) electrons. The average Bonchev–Trinajstić information content (AvgIpc) is 2.90. The first-order valence-corrected chi connectivity index (χ1v) is 6.11. The Balaban J connectivity index is 1.74. The van der Waals surface area contributed by atoms with E-state index in [9.17, 15) is 0 Å². The number of hydrogen-bond donors (Lipinski definition) is 2. The van der Waals surface area contributed by atoms with E-state index < -0.39 is 0 Å². The first-order chi connectivity index (χ1) is 8.24. The van der Waals surface area contributed by atoms with Crippen LogP contribution in [-0.4, -0.2) is 25.4 Å². The predicted molar refractivity (Wildman–Crippen MR) is 67.3 cm³/mol. The van der Waals surface area contributed by atoms with Crippen molar-refractivity contribution < 1.29 is 9.47 Å². The van der Waals surface area contributed by atoms with Crippen LogP contribution in [0.3, 0.4) is 0 Å². The number of methoxy groups -OCH3 is 1. The lowest BCUT2D eigenvalue weighted by atomic mass is 9.95. The maximum Gasteiger partial charge on any atom is 0.122 e. The Morgan fingerprint density at radius 1 is 1.35 bits per heavy atom. The van der Waals surface area contributed by atoms with Crippen molar-refractivity contribution in [1.29, 1.82) is 0 Å². The largest absolute Gasteiger partial charge is 0.497 e. The van der Waals surface area contributed by atoms with Gasteiger partial charge in [0, 0.05) is 23.5 Å². The Morgan fingerprint density at radius 3 is 2.88 bits per heavy atom. The van der Waals surface area contributed by atoms with Gasteiger partial charge in [0.05, 0.1) is 25.4 Å². The fraction of sp³-hybridized carbons (Fsp3) is 0.538. The van der Waals surface area contributed by atoms with Crippen LogP contribution in [0.4, 0.5) is 11.4 Å². The minimum atomic E-state index is 0.368. The molecule has 2 heterocycles. The molecule has 0 aliphatic carbocycles. The number of anilines is 2. The predicted octanol–water partition coefficient (Wildman–Crippen LogP) is 2.01. The quantitative estimate of drug-likeness (QED) is 0.785. The van der Waals surface area contributed by atoms with Gasteiger partial charge in [0.15, 0.2) is 0 Å². The second-order valence-electron chi connectivity index (χ2n) is 4.86. The second-order valence-corrected chi connectivity index (χ2v) is 4.86. The maximum atomic E-state index is 5.83. The van der Waals surface area contributed by atoms with E-state index in [0.717, 1.165) is 23.5 Å². The smallest absolute Gasteiger partial charge is 0.122 e. The summed E-state index contributed by atoms with van der Waals surface area (Å²) in [5.41, 5.74) is 7.57. The molecule has 3 unspecified atom stereocenters. The summed E-state index contributed by atoms with van der Waals surface area (Å²) in [4.78, 5) is 0. The minimum absolute atomic E-state index is 0.368. The number of benzene rings is 1. The fourth-order valence-corrected chi connectivity index (χ4v) is 2.83. The summed E-state index contributed by atoms with van der Waals surface area (Å²) in [6, 6.07) is 6.15.